The van der Waals surface area contributed by atoms with E-state index in [1.54, 1.807) is 18.0 Å². The second kappa shape index (κ2) is 5.45. The summed E-state index contributed by atoms with van der Waals surface area (Å²) in [6.45, 7) is 0. The third kappa shape index (κ3) is 2.63. The average molecular weight is 344 g/mol. The Labute approximate surface area is 131 Å². The lowest BCUT2D eigenvalue weighted by Crippen LogP contribution is -2.31. The lowest BCUT2D eigenvalue weighted by molar-refractivity contribution is -0.118. The maximum atomic E-state index is 12.5. The van der Waals surface area contributed by atoms with Gasteiger partial charge in [0.1, 0.15) is 0 Å². The van der Waals surface area contributed by atoms with Crippen molar-refractivity contribution in [1.82, 2.24) is 0 Å². The van der Waals surface area contributed by atoms with E-state index in [1.165, 1.54) is 0 Å². The zero-order valence-electron chi connectivity index (χ0n) is 11.6. The minimum Gasteiger partial charge on any atom is -0.315 e. The molecule has 0 bridgehead atoms. The Hall–Kier alpha value is -1.94. The molecule has 2 aromatic carbocycles. The van der Waals surface area contributed by atoms with Gasteiger partial charge in [-0.05, 0) is 54.4 Å². The molecule has 0 saturated carbocycles. The number of aryl methyl sites for hydroxylation is 1. The van der Waals surface area contributed by atoms with Crippen LogP contribution in [0.25, 0.3) is 0 Å². The number of nitrogens with zero attached hydrogens (tertiary/aromatic N) is 1. The van der Waals surface area contributed by atoms with Crippen LogP contribution in [0.2, 0.25) is 0 Å². The first-order valence-corrected chi connectivity index (χ1v) is 7.55. The van der Waals surface area contributed by atoms with Crippen molar-refractivity contribution < 1.29 is 9.59 Å². The van der Waals surface area contributed by atoms with Gasteiger partial charge in [0.05, 0.1) is 0 Å². The number of halogens is 1. The van der Waals surface area contributed by atoms with Crippen molar-refractivity contribution in [2.45, 2.75) is 12.8 Å². The summed E-state index contributed by atoms with van der Waals surface area (Å²) in [6, 6.07) is 12.9. The van der Waals surface area contributed by atoms with Gasteiger partial charge in [-0.3, -0.25) is 9.59 Å². The predicted molar refractivity (Wildman–Crippen MR) is 85.7 cm³/mol. The lowest BCUT2D eigenvalue weighted by atomic mass is 9.95. The number of hydrogen-bond acceptors (Lipinski definition) is 2. The molecule has 0 N–H and O–H groups in total. The van der Waals surface area contributed by atoms with E-state index >= 15 is 0 Å². The molecule has 0 saturated heterocycles. The third-order valence-corrected chi connectivity index (χ3v) is 4.32. The molecule has 0 aliphatic carbocycles. The Morgan fingerprint density at radius 1 is 1.05 bits per heavy atom. The van der Waals surface area contributed by atoms with E-state index in [0.717, 1.165) is 15.7 Å². The average Bonchev–Trinajstić information content (AvgIpc) is 2.51. The number of amides is 1. The zero-order chi connectivity index (χ0) is 15.0. The molecule has 1 aliphatic rings. The van der Waals surface area contributed by atoms with Crippen molar-refractivity contribution >= 4 is 33.3 Å². The number of carbonyl (C=O) groups is 2. The molecule has 1 amide bonds. The fourth-order valence-corrected chi connectivity index (χ4v) is 2.83. The maximum absolute atomic E-state index is 12.5. The van der Waals surface area contributed by atoms with Gasteiger partial charge in [0.25, 0.3) is 0 Å². The SMILES string of the molecule is CN1C(=O)CCc2cc(C(=O)c3ccc(Br)cc3)ccc21. The quantitative estimate of drug-likeness (QED) is 0.781. The van der Waals surface area contributed by atoms with Gasteiger partial charge < -0.3 is 4.90 Å². The topological polar surface area (TPSA) is 37.4 Å². The van der Waals surface area contributed by atoms with Crippen LogP contribution in [0, 0.1) is 0 Å². The number of fused-ring (bicyclic) bond motifs is 1. The summed E-state index contributed by atoms with van der Waals surface area (Å²) >= 11 is 3.36. The molecular formula is C17H14BrNO2. The van der Waals surface area contributed by atoms with E-state index in [1.807, 2.05) is 36.4 Å². The van der Waals surface area contributed by atoms with Gasteiger partial charge in [-0.2, -0.15) is 0 Å². The van der Waals surface area contributed by atoms with E-state index in [-0.39, 0.29) is 11.7 Å². The van der Waals surface area contributed by atoms with Gasteiger partial charge >= 0.3 is 0 Å². The van der Waals surface area contributed by atoms with Crippen molar-refractivity contribution in [1.29, 1.82) is 0 Å². The van der Waals surface area contributed by atoms with Gasteiger partial charge in [0.2, 0.25) is 5.91 Å². The highest BCUT2D eigenvalue weighted by molar-refractivity contribution is 9.10. The fourth-order valence-electron chi connectivity index (χ4n) is 2.57. The first-order valence-electron chi connectivity index (χ1n) is 6.76. The Balaban J connectivity index is 1.95. The van der Waals surface area contributed by atoms with Crippen molar-refractivity contribution in [3.8, 4) is 0 Å². The van der Waals surface area contributed by atoms with Crippen LogP contribution in [0.3, 0.4) is 0 Å². The summed E-state index contributed by atoms with van der Waals surface area (Å²) in [5.74, 6) is 0.124. The van der Waals surface area contributed by atoms with Crippen LogP contribution < -0.4 is 4.90 Å². The van der Waals surface area contributed by atoms with Crippen LogP contribution in [0.5, 0.6) is 0 Å². The molecule has 3 nitrogen and oxygen atoms in total. The van der Waals surface area contributed by atoms with E-state index < -0.39 is 0 Å². The minimum absolute atomic E-state index is 0.00449. The summed E-state index contributed by atoms with van der Waals surface area (Å²) in [6.07, 6.45) is 1.19. The molecule has 0 atom stereocenters. The van der Waals surface area contributed by atoms with Gasteiger partial charge in [-0.1, -0.05) is 15.9 Å². The number of hydrogen-bond donors (Lipinski definition) is 0. The maximum Gasteiger partial charge on any atom is 0.227 e. The summed E-state index contributed by atoms with van der Waals surface area (Å²) in [4.78, 5) is 25.8. The molecule has 3 rings (SSSR count). The van der Waals surface area contributed by atoms with Crippen molar-refractivity contribution in [2.75, 3.05) is 11.9 Å². The van der Waals surface area contributed by atoms with Gasteiger partial charge in [-0.15, -0.1) is 0 Å². The van der Waals surface area contributed by atoms with Crippen LogP contribution in [-0.2, 0) is 11.2 Å². The van der Waals surface area contributed by atoms with E-state index in [9.17, 15) is 9.59 Å². The highest BCUT2D eigenvalue weighted by Gasteiger charge is 2.22. The molecule has 4 heteroatoms. The molecule has 0 unspecified atom stereocenters. The number of ketones is 1. The van der Waals surface area contributed by atoms with Gasteiger partial charge in [-0.25, -0.2) is 0 Å². The van der Waals surface area contributed by atoms with Gasteiger partial charge in [0, 0.05) is 34.8 Å². The molecule has 2 aromatic rings. The second-order valence-electron chi connectivity index (χ2n) is 5.13. The predicted octanol–water partition coefficient (Wildman–Crippen LogP) is 3.59. The number of carbonyl (C=O) groups excluding carboxylic acids is 2. The van der Waals surface area contributed by atoms with Crippen LogP contribution in [0.15, 0.2) is 46.9 Å². The summed E-state index contributed by atoms with van der Waals surface area (Å²) in [7, 11) is 1.77. The molecule has 1 aliphatic heterocycles. The lowest BCUT2D eigenvalue weighted by Gasteiger charge is -2.26. The summed E-state index contributed by atoms with van der Waals surface area (Å²) < 4.78 is 0.949. The Kier molecular flexibility index (Phi) is 3.64. The van der Waals surface area contributed by atoms with Crippen molar-refractivity contribution in [2.24, 2.45) is 0 Å². The fraction of sp³-hybridized carbons (Fsp3) is 0.176. The van der Waals surface area contributed by atoms with Crippen LogP contribution in [0.1, 0.15) is 27.9 Å². The molecule has 0 aromatic heterocycles. The van der Waals surface area contributed by atoms with Crippen molar-refractivity contribution in [3.05, 3.63) is 63.6 Å². The molecular weight excluding hydrogens is 330 g/mol. The molecule has 0 fully saturated rings. The van der Waals surface area contributed by atoms with Crippen molar-refractivity contribution in [3.63, 3.8) is 0 Å². The Morgan fingerprint density at radius 2 is 1.71 bits per heavy atom. The summed E-state index contributed by atoms with van der Waals surface area (Å²) in [5.41, 5.74) is 3.29. The first-order chi connectivity index (χ1) is 10.1. The first kappa shape index (κ1) is 14.0. The molecule has 21 heavy (non-hydrogen) atoms. The number of benzene rings is 2. The van der Waals surface area contributed by atoms with E-state index in [0.29, 0.717) is 24.0 Å². The minimum atomic E-state index is 0.00449. The molecule has 106 valence electrons. The Morgan fingerprint density at radius 3 is 2.43 bits per heavy atom. The monoisotopic (exact) mass is 343 g/mol. The third-order valence-electron chi connectivity index (χ3n) is 3.79. The van der Waals surface area contributed by atoms with E-state index in [2.05, 4.69) is 15.9 Å². The number of anilines is 1. The molecule has 1 heterocycles. The normalized spacial score (nSPS) is 14.0. The van der Waals surface area contributed by atoms with E-state index in [4.69, 9.17) is 0 Å². The largest absolute Gasteiger partial charge is 0.315 e. The zero-order valence-corrected chi connectivity index (χ0v) is 13.2. The highest BCUT2D eigenvalue weighted by atomic mass is 79.9. The second-order valence-corrected chi connectivity index (χ2v) is 6.05. The smallest absolute Gasteiger partial charge is 0.227 e. The number of rotatable bonds is 2. The van der Waals surface area contributed by atoms with Crippen LogP contribution >= 0.6 is 15.9 Å². The Bertz CT molecular complexity index is 722. The molecule has 0 radical (unpaired) electrons. The summed E-state index contributed by atoms with van der Waals surface area (Å²) in [5, 5.41) is 0. The molecule has 0 spiro atoms. The van der Waals surface area contributed by atoms with Crippen LogP contribution in [0.4, 0.5) is 5.69 Å². The highest BCUT2D eigenvalue weighted by Crippen LogP contribution is 2.28. The van der Waals surface area contributed by atoms with Gasteiger partial charge in [0.15, 0.2) is 5.78 Å². The van der Waals surface area contributed by atoms with Crippen LogP contribution in [-0.4, -0.2) is 18.7 Å². The standard InChI is InChI=1S/C17H14BrNO2/c1-19-15-8-4-13(10-12(15)5-9-16(19)20)17(21)11-2-6-14(18)7-3-11/h2-4,6-8,10H,5,9H2,1H3.